The van der Waals surface area contributed by atoms with E-state index in [1.807, 2.05) is 5.32 Å². The first kappa shape index (κ1) is 40.3. The molecule has 0 aliphatic heterocycles. The van der Waals surface area contributed by atoms with Crippen LogP contribution in [0.3, 0.4) is 0 Å². The van der Waals surface area contributed by atoms with Gasteiger partial charge in [-0.2, -0.15) is 12.6 Å². The first-order chi connectivity index (χ1) is 20.4. The van der Waals surface area contributed by atoms with Gasteiger partial charge in [0, 0.05) is 18.8 Å². The van der Waals surface area contributed by atoms with E-state index >= 15 is 0 Å². The van der Waals surface area contributed by atoms with E-state index in [0.717, 1.165) is 0 Å². The van der Waals surface area contributed by atoms with Gasteiger partial charge in [0.05, 0.1) is 12.6 Å². The fraction of sp³-hybridized carbons (Fsp3) is 0.667. The summed E-state index contributed by atoms with van der Waals surface area (Å²) >= 11 is 3.97. The van der Waals surface area contributed by atoms with Gasteiger partial charge in [-0.15, -0.1) is 0 Å². The second-order valence-electron chi connectivity index (χ2n) is 9.23. The zero-order valence-electron chi connectivity index (χ0n) is 23.9. The van der Waals surface area contributed by atoms with E-state index in [-0.39, 0.29) is 56.4 Å². The van der Waals surface area contributed by atoms with Crippen LogP contribution in [0.1, 0.15) is 32.6 Å². The molecule has 21 nitrogen and oxygen atoms in total. The van der Waals surface area contributed by atoms with Gasteiger partial charge in [0.15, 0.2) is 18.0 Å². The molecule has 252 valence electrons. The van der Waals surface area contributed by atoms with Gasteiger partial charge in [0.25, 0.3) is 0 Å². The Labute approximate surface area is 258 Å². The second kappa shape index (κ2) is 20.3. The van der Waals surface area contributed by atoms with E-state index in [2.05, 4.69) is 43.1 Å². The molecule has 0 radical (unpaired) electrons. The highest BCUT2D eigenvalue weighted by atomic mass is 32.1. The summed E-state index contributed by atoms with van der Waals surface area (Å²) < 4.78 is 15.0. The summed E-state index contributed by atoms with van der Waals surface area (Å²) in [4.78, 5) is 87.9. The Balaban J connectivity index is 5.76. The molecule has 0 aliphatic carbocycles. The monoisotopic (exact) mass is 671 g/mol. The molecule has 0 heterocycles. The number of carboxylic acids is 1. The largest absolute Gasteiger partial charge is 0.480 e. The third-order valence-electron chi connectivity index (χ3n) is 5.47. The number of thiol groups is 1. The maximum Gasteiger partial charge on any atom is 0.469 e. The van der Waals surface area contributed by atoms with Gasteiger partial charge < -0.3 is 64.8 Å². The molecule has 0 aromatic heterocycles. The van der Waals surface area contributed by atoms with Crippen molar-refractivity contribution in [1.29, 1.82) is 0 Å². The van der Waals surface area contributed by atoms with Gasteiger partial charge in [-0.05, 0) is 32.6 Å². The van der Waals surface area contributed by atoms with Crippen LogP contribution in [-0.2, 0) is 33.1 Å². The summed E-state index contributed by atoms with van der Waals surface area (Å²) in [6.45, 7) is 0.335. The van der Waals surface area contributed by atoms with Crippen molar-refractivity contribution in [3.8, 4) is 0 Å². The molecule has 17 N–H and O–H groups in total. The maximum atomic E-state index is 13.2. The zero-order chi connectivity index (χ0) is 34.0. The molecule has 0 saturated carbocycles. The number of phosphoric ester groups is 1. The Morgan fingerprint density at radius 2 is 1.23 bits per heavy atom. The van der Waals surface area contributed by atoms with Crippen LogP contribution in [0.15, 0.2) is 9.98 Å². The second-order valence-corrected chi connectivity index (χ2v) is 10.8. The van der Waals surface area contributed by atoms with Crippen molar-refractivity contribution in [3.05, 3.63) is 0 Å². The van der Waals surface area contributed by atoms with Crippen molar-refractivity contribution in [2.45, 2.75) is 62.8 Å². The van der Waals surface area contributed by atoms with Crippen LogP contribution in [0.4, 0.5) is 0 Å². The van der Waals surface area contributed by atoms with Gasteiger partial charge in [-0.25, -0.2) is 9.36 Å². The van der Waals surface area contributed by atoms with Crippen LogP contribution < -0.4 is 49.9 Å². The van der Waals surface area contributed by atoms with Gasteiger partial charge in [-0.1, -0.05) is 0 Å². The third-order valence-corrected chi connectivity index (χ3v) is 6.34. The summed E-state index contributed by atoms with van der Waals surface area (Å²) in [6, 6.07) is -6.76. The average Bonchev–Trinajstić information content (AvgIpc) is 2.92. The maximum absolute atomic E-state index is 13.2. The smallest absolute Gasteiger partial charge is 0.469 e. The van der Waals surface area contributed by atoms with E-state index in [9.17, 15) is 33.6 Å². The number of nitrogens with two attached hydrogens (primary N) is 5. The Bertz CT molecular complexity index is 1100. The first-order valence-corrected chi connectivity index (χ1v) is 15.2. The number of hydrogen-bond donors (Lipinski definition) is 13. The molecule has 23 heteroatoms. The number of aliphatic carboxylic acids is 1. The van der Waals surface area contributed by atoms with E-state index in [4.69, 9.17) is 38.5 Å². The summed E-state index contributed by atoms with van der Waals surface area (Å²) in [5.41, 5.74) is 26.9. The van der Waals surface area contributed by atoms with Crippen molar-refractivity contribution >= 4 is 62.0 Å². The van der Waals surface area contributed by atoms with Crippen molar-refractivity contribution in [3.63, 3.8) is 0 Å². The predicted molar refractivity (Wildman–Crippen MR) is 161 cm³/mol. The molecule has 0 spiro atoms. The highest BCUT2D eigenvalue weighted by Gasteiger charge is 2.31. The molecule has 4 amide bonds. The lowest BCUT2D eigenvalue weighted by Gasteiger charge is -2.25. The fourth-order valence-corrected chi connectivity index (χ4v) is 3.71. The molecular formula is C21H42N11O10PS. The number of carbonyl (C=O) groups is 5. The molecular weight excluding hydrogens is 629 g/mol. The van der Waals surface area contributed by atoms with Crippen molar-refractivity contribution < 1.29 is 48.0 Å². The Hall–Kier alpha value is -3.69. The van der Waals surface area contributed by atoms with Crippen molar-refractivity contribution in [2.24, 2.45) is 38.7 Å². The van der Waals surface area contributed by atoms with Crippen LogP contribution in [0.5, 0.6) is 0 Å². The summed E-state index contributed by atoms with van der Waals surface area (Å²) in [7, 11) is -5.04. The lowest BCUT2D eigenvalue weighted by molar-refractivity contribution is -0.143. The quantitative estimate of drug-likeness (QED) is 0.0178. The van der Waals surface area contributed by atoms with Crippen LogP contribution >= 0.6 is 20.5 Å². The Kier molecular flexibility index (Phi) is 18.6. The molecule has 44 heavy (non-hydrogen) atoms. The number of nitrogens with zero attached hydrogens (tertiary/aromatic N) is 2. The number of rotatable bonds is 21. The van der Waals surface area contributed by atoms with Gasteiger partial charge in [0.2, 0.25) is 23.6 Å². The lowest BCUT2D eigenvalue weighted by Crippen LogP contribution is -2.58. The highest BCUT2D eigenvalue weighted by molar-refractivity contribution is 7.80. The molecule has 5 atom stereocenters. The predicted octanol–water partition coefficient (Wildman–Crippen LogP) is -5.50. The molecule has 0 bridgehead atoms. The van der Waals surface area contributed by atoms with Gasteiger partial charge >= 0.3 is 13.8 Å². The number of carboxylic acid groups (broad SMARTS) is 1. The summed E-state index contributed by atoms with van der Waals surface area (Å²) in [6.07, 6.45) is 0.439. The molecule has 0 aliphatic rings. The number of hydrogen-bond acceptors (Lipinski definition) is 11. The Morgan fingerprint density at radius 3 is 1.64 bits per heavy atom. The highest BCUT2D eigenvalue weighted by Crippen LogP contribution is 2.35. The Morgan fingerprint density at radius 1 is 0.795 bits per heavy atom. The number of guanidine groups is 2. The number of amides is 4. The first-order valence-electron chi connectivity index (χ1n) is 13.0. The number of carbonyl (C=O) groups excluding carboxylic acids is 4. The van der Waals surface area contributed by atoms with E-state index < -0.39 is 74.2 Å². The summed E-state index contributed by atoms with van der Waals surface area (Å²) in [5, 5.41) is 18.5. The van der Waals surface area contributed by atoms with Crippen LogP contribution in [0.2, 0.25) is 0 Å². The molecule has 0 unspecified atom stereocenters. The van der Waals surface area contributed by atoms with Crippen LogP contribution in [-0.4, -0.2) is 112 Å². The van der Waals surface area contributed by atoms with E-state index in [1.165, 1.54) is 6.92 Å². The molecule has 0 rings (SSSR count). The summed E-state index contributed by atoms with van der Waals surface area (Å²) in [5.74, 6) is -5.45. The average molecular weight is 672 g/mol. The topological polar surface area (TPSA) is 375 Å². The zero-order valence-corrected chi connectivity index (χ0v) is 25.7. The van der Waals surface area contributed by atoms with Crippen molar-refractivity contribution in [2.75, 3.05) is 25.4 Å². The number of phosphoric acid groups is 1. The minimum atomic E-state index is -5.04. The number of nitrogens with one attached hydrogen (secondary N) is 4. The molecule has 0 aromatic carbocycles. The standard InChI is InChI=1S/C21H42N11O10PS/c1-10(15(33)32-14(19(37)38)8-42-43(39,40)41)29-17(35)12(4-2-6-27-20(23)24)31-18(36)13(5-3-7-28-21(25)26)30-16(34)11(22)9-44/h10-14,44H,2-9,22H2,1H3,(H,29,35)(H,30,34)(H,31,36)(H,32,33)(H,37,38)(H4,23,24,27)(H4,25,26,28)(H2,39,40,41)/t10-,11-,12-,13-,14-/m0/s1. The number of aliphatic imine (C=N–C) groups is 2. The normalized spacial score (nSPS) is 14.5. The van der Waals surface area contributed by atoms with Gasteiger partial charge in [-0.3, -0.25) is 33.7 Å². The van der Waals surface area contributed by atoms with Crippen LogP contribution in [0, 0.1) is 0 Å². The van der Waals surface area contributed by atoms with Crippen LogP contribution in [0.25, 0.3) is 0 Å². The fourth-order valence-electron chi connectivity index (χ4n) is 3.20. The SMILES string of the molecule is C[C@H](NC(=O)[C@H](CCCN=C(N)N)NC(=O)[C@H](CCCN=C(N)N)NC(=O)[C@@H](N)CS)C(=O)N[C@@H](COP(=O)(O)O)C(=O)O. The van der Waals surface area contributed by atoms with E-state index in [1.54, 1.807) is 0 Å². The molecule has 0 saturated heterocycles. The molecule has 0 fully saturated rings. The van der Waals surface area contributed by atoms with Crippen molar-refractivity contribution in [1.82, 2.24) is 21.3 Å². The van der Waals surface area contributed by atoms with Gasteiger partial charge in [0.1, 0.15) is 18.1 Å². The molecule has 0 aromatic rings. The van der Waals surface area contributed by atoms with E-state index in [0.29, 0.717) is 0 Å². The minimum absolute atomic E-state index is 0.0158. The minimum Gasteiger partial charge on any atom is -0.480 e. The third kappa shape index (κ3) is 18.1. The lowest BCUT2D eigenvalue weighted by atomic mass is 10.1.